The van der Waals surface area contributed by atoms with E-state index in [0.717, 1.165) is 5.52 Å². The highest BCUT2D eigenvalue weighted by Crippen LogP contribution is 2.14. The van der Waals surface area contributed by atoms with Gasteiger partial charge in [0.2, 0.25) is 0 Å². The molecular weight excluding hydrogens is 208 g/mol. The van der Waals surface area contributed by atoms with Crippen molar-refractivity contribution in [2.75, 3.05) is 0 Å². The van der Waals surface area contributed by atoms with Crippen molar-refractivity contribution in [2.45, 2.75) is 6.92 Å². The third-order valence-corrected chi connectivity index (χ3v) is 2.75. The maximum Gasteiger partial charge on any atom is 0.336 e. The largest absolute Gasteiger partial charge is 0.336 e. The summed E-state index contributed by atoms with van der Waals surface area (Å²) in [4.78, 5) is 16.2. The molecule has 3 aromatic heterocycles. The molecule has 0 saturated carbocycles. The van der Waals surface area contributed by atoms with Gasteiger partial charge in [-0.2, -0.15) is 0 Å². The molecule has 3 heterocycles. The van der Waals surface area contributed by atoms with Crippen molar-refractivity contribution in [3.63, 3.8) is 0 Å². The second-order valence-electron chi connectivity index (χ2n) is 3.78. The highest BCUT2D eigenvalue weighted by atomic mass is 16.1. The summed E-state index contributed by atoms with van der Waals surface area (Å²) >= 11 is 0. The molecule has 0 unspecified atom stereocenters. The van der Waals surface area contributed by atoms with Crippen LogP contribution in [0.5, 0.6) is 0 Å². The van der Waals surface area contributed by atoms with Crippen molar-refractivity contribution < 1.29 is 0 Å². The Labute approximate surface area is 90.0 Å². The molecule has 0 amide bonds. The second-order valence-corrected chi connectivity index (χ2v) is 3.78. The standard InChI is InChI=1S/C9H10N6O/c1-5-11-12-8-6-7(10-4-13(6)2)14(3)9(16)15(5)8/h4H,1-3H3. The summed E-state index contributed by atoms with van der Waals surface area (Å²) in [6, 6.07) is 0. The summed E-state index contributed by atoms with van der Waals surface area (Å²) in [5.41, 5.74) is 1.80. The van der Waals surface area contributed by atoms with Crippen LogP contribution in [0.4, 0.5) is 0 Å². The Balaban J connectivity index is 2.79. The van der Waals surface area contributed by atoms with Gasteiger partial charge in [-0.05, 0) is 6.92 Å². The molecular formula is C9H10N6O. The zero-order valence-electron chi connectivity index (χ0n) is 9.17. The Hall–Kier alpha value is -2.18. The number of aryl methyl sites for hydroxylation is 3. The van der Waals surface area contributed by atoms with Gasteiger partial charge in [-0.3, -0.25) is 4.57 Å². The highest BCUT2D eigenvalue weighted by molar-refractivity contribution is 5.85. The van der Waals surface area contributed by atoms with Gasteiger partial charge in [0, 0.05) is 14.1 Å². The number of fused-ring (bicyclic) bond motifs is 3. The number of aromatic nitrogens is 6. The van der Waals surface area contributed by atoms with Crippen molar-refractivity contribution in [1.29, 1.82) is 0 Å². The van der Waals surface area contributed by atoms with E-state index in [2.05, 4.69) is 15.2 Å². The van der Waals surface area contributed by atoms with Crippen molar-refractivity contribution >= 4 is 16.8 Å². The topological polar surface area (TPSA) is 70.0 Å². The number of hydrogen-bond donors (Lipinski definition) is 0. The summed E-state index contributed by atoms with van der Waals surface area (Å²) in [5, 5.41) is 7.95. The third kappa shape index (κ3) is 0.873. The minimum absolute atomic E-state index is 0.177. The molecule has 0 spiro atoms. The van der Waals surface area contributed by atoms with Gasteiger partial charge in [0.1, 0.15) is 11.3 Å². The average Bonchev–Trinajstić information content (AvgIpc) is 2.79. The van der Waals surface area contributed by atoms with Crippen molar-refractivity contribution in [3.8, 4) is 0 Å². The Morgan fingerprint density at radius 1 is 1.19 bits per heavy atom. The molecule has 16 heavy (non-hydrogen) atoms. The Bertz CT molecular complexity index is 762. The number of rotatable bonds is 0. The monoisotopic (exact) mass is 218 g/mol. The third-order valence-electron chi connectivity index (χ3n) is 2.75. The van der Waals surface area contributed by atoms with E-state index in [-0.39, 0.29) is 5.69 Å². The minimum Gasteiger partial charge on any atom is -0.329 e. The van der Waals surface area contributed by atoms with Gasteiger partial charge in [-0.15, -0.1) is 10.2 Å². The van der Waals surface area contributed by atoms with E-state index in [1.54, 1.807) is 20.3 Å². The van der Waals surface area contributed by atoms with Crippen LogP contribution < -0.4 is 5.69 Å². The van der Waals surface area contributed by atoms with Crippen LogP contribution in [0.25, 0.3) is 16.8 Å². The summed E-state index contributed by atoms with van der Waals surface area (Å²) in [6.07, 6.45) is 1.66. The van der Waals surface area contributed by atoms with E-state index in [0.29, 0.717) is 17.1 Å². The number of imidazole rings is 1. The summed E-state index contributed by atoms with van der Waals surface area (Å²) in [5.74, 6) is 0.582. The first-order chi connectivity index (χ1) is 7.61. The molecule has 0 aliphatic rings. The molecule has 7 nitrogen and oxygen atoms in total. The van der Waals surface area contributed by atoms with E-state index in [1.807, 2.05) is 11.6 Å². The maximum absolute atomic E-state index is 12.0. The maximum atomic E-state index is 12.0. The van der Waals surface area contributed by atoms with Gasteiger partial charge in [0.05, 0.1) is 6.33 Å². The number of nitrogens with zero attached hydrogens (tertiary/aromatic N) is 6. The quantitative estimate of drug-likeness (QED) is 0.516. The molecule has 3 aromatic rings. The molecule has 0 aliphatic carbocycles. The van der Waals surface area contributed by atoms with Crippen LogP contribution in [0.3, 0.4) is 0 Å². The summed E-state index contributed by atoms with van der Waals surface area (Å²) < 4.78 is 4.82. The zero-order chi connectivity index (χ0) is 11.4. The van der Waals surface area contributed by atoms with Crippen LogP contribution in [0.15, 0.2) is 11.1 Å². The first-order valence-electron chi connectivity index (χ1n) is 4.83. The average molecular weight is 218 g/mol. The van der Waals surface area contributed by atoms with E-state index in [1.165, 1.54) is 8.97 Å². The first-order valence-corrected chi connectivity index (χ1v) is 4.83. The van der Waals surface area contributed by atoms with Crippen LogP contribution in [0.1, 0.15) is 5.82 Å². The van der Waals surface area contributed by atoms with Crippen LogP contribution in [0.2, 0.25) is 0 Å². The fourth-order valence-electron chi connectivity index (χ4n) is 1.91. The molecule has 0 saturated heterocycles. The van der Waals surface area contributed by atoms with Crippen LogP contribution in [-0.4, -0.2) is 28.7 Å². The van der Waals surface area contributed by atoms with Crippen molar-refractivity contribution in [2.24, 2.45) is 14.1 Å². The van der Waals surface area contributed by atoms with Crippen LogP contribution >= 0.6 is 0 Å². The number of hydrogen-bond acceptors (Lipinski definition) is 4. The lowest BCUT2D eigenvalue weighted by Gasteiger charge is -2.02. The smallest absolute Gasteiger partial charge is 0.329 e. The van der Waals surface area contributed by atoms with Crippen molar-refractivity contribution in [1.82, 2.24) is 28.7 Å². The summed E-state index contributed by atoms with van der Waals surface area (Å²) in [7, 11) is 3.56. The van der Waals surface area contributed by atoms with E-state index >= 15 is 0 Å². The van der Waals surface area contributed by atoms with Gasteiger partial charge >= 0.3 is 5.69 Å². The van der Waals surface area contributed by atoms with Crippen molar-refractivity contribution in [3.05, 3.63) is 22.6 Å². The Morgan fingerprint density at radius 2 is 1.94 bits per heavy atom. The second kappa shape index (κ2) is 2.69. The van der Waals surface area contributed by atoms with Gasteiger partial charge in [0.15, 0.2) is 11.3 Å². The van der Waals surface area contributed by atoms with E-state index in [4.69, 9.17) is 0 Å². The Kier molecular flexibility index (Phi) is 1.52. The Morgan fingerprint density at radius 3 is 2.69 bits per heavy atom. The van der Waals surface area contributed by atoms with Crippen LogP contribution in [0, 0.1) is 6.92 Å². The van der Waals surface area contributed by atoms with Gasteiger partial charge in [-0.1, -0.05) is 0 Å². The molecule has 0 aromatic carbocycles. The predicted molar refractivity (Wildman–Crippen MR) is 57.2 cm³/mol. The van der Waals surface area contributed by atoms with Gasteiger partial charge in [0.25, 0.3) is 0 Å². The lowest BCUT2D eigenvalue weighted by molar-refractivity contribution is 0.800. The van der Waals surface area contributed by atoms with Gasteiger partial charge in [-0.25, -0.2) is 14.2 Å². The molecule has 7 heteroatoms. The molecule has 0 radical (unpaired) electrons. The molecule has 0 bridgehead atoms. The molecule has 82 valence electrons. The normalized spacial score (nSPS) is 11.7. The zero-order valence-corrected chi connectivity index (χ0v) is 9.17. The fourth-order valence-corrected chi connectivity index (χ4v) is 1.91. The molecule has 0 N–H and O–H groups in total. The van der Waals surface area contributed by atoms with E-state index in [9.17, 15) is 4.79 Å². The molecule has 0 fully saturated rings. The lowest BCUT2D eigenvalue weighted by Crippen LogP contribution is -2.25. The fraction of sp³-hybridized carbons (Fsp3) is 0.333. The van der Waals surface area contributed by atoms with Crippen LogP contribution in [-0.2, 0) is 14.1 Å². The highest BCUT2D eigenvalue weighted by Gasteiger charge is 2.15. The van der Waals surface area contributed by atoms with E-state index < -0.39 is 0 Å². The molecule has 0 atom stereocenters. The van der Waals surface area contributed by atoms with Gasteiger partial charge < -0.3 is 4.57 Å². The lowest BCUT2D eigenvalue weighted by atomic mass is 10.5. The predicted octanol–water partition coefficient (Wildman–Crippen LogP) is -0.377. The molecule has 3 rings (SSSR count). The molecule has 0 aliphatic heterocycles. The SMILES string of the molecule is Cc1nnc2c3c(ncn3C)n(C)c(=O)n12. The summed E-state index contributed by atoms with van der Waals surface area (Å²) in [6.45, 7) is 1.75. The first kappa shape index (κ1) is 9.08. The minimum atomic E-state index is -0.177.